The Bertz CT molecular complexity index is 3530. The van der Waals surface area contributed by atoms with Crippen molar-refractivity contribution < 1.29 is 11.8 Å². The SMILES string of the molecule is c1ccc2c(c1)-c1nc-2nc2[nH]c(nc3nc(nc4[nH]c(n1)c1ccccc41)-c1ccccc1-3)c1c[c]([Cu]([c]3ccsc3)([c]3ccsc3)([c]3ccsc3)[c]3ccsc3)ccc21. The summed E-state index contributed by atoms with van der Waals surface area (Å²) in [6.07, 6.45) is 0. The second-order valence-electron chi connectivity index (χ2n) is 14.2. The van der Waals surface area contributed by atoms with Crippen LogP contribution in [0.15, 0.2) is 158 Å². The molecule has 13 heteroatoms. The van der Waals surface area contributed by atoms with Gasteiger partial charge in [-0.25, -0.2) is 0 Å². The van der Waals surface area contributed by atoms with Gasteiger partial charge in [0.05, 0.1) is 0 Å². The minimum atomic E-state index is -3.12. The van der Waals surface area contributed by atoms with E-state index in [1.54, 1.807) is 45.3 Å². The number of nitrogens with one attached hydrogen (secondary N) is 2. The van der Waals surface area contributed by atoms with Crippen LogP contribution in [0.5, 0.6) is 0 Å². The van der Waals surface area contributed by atoms with E-state index in [1.807, 2.05) is 36.4 Å². The predicted octanol–water partition coefficient (Wildman–Crippen LogP) is 9.73. The van der Waals surface area contributed by atoms with Gasteiger partial charge in [-0.2, -0.15) is 0 Å². The number of rotatable bonds is 5. The fourth-order valence-electron chi connectivity index (χ4n) is 8.42. The van der Waals surface area contributed by atoms with Gasteiger partial charge in [-0.15, -0.1) is 0 Å². The van der Waals surface area contributed by atoms with Crippen molar-refractivity contribution in [3.63, 3.8) is 0 Å². The first-order chi connectivity index (χ1) is 30.2. The van der Waals surface area contributed by atoms with Crippen LogP contribution in [0.1, 0.15) is 0 Å². The van der Waals surface area contributed by atoms with Gasteiger partial charge in [0, 0.05) is 0 Å². The average molecular weight is 910 g/mol. The Morgan fingerprint density at radius 3 is 1.03 bits per heavy atom. The van der Waals surface area contributed by atoms with Crippen LogP contribution in [-0.2, 0) is 11.8 Å². The second kappa shape index (κ2) is 13.3. The topological polar surface area (TPSA) is 109 Å². The van der Waals surface area contributed by atoms with Gasteiger partial charge >= 0.3 is 349 Å². The Morgan fingerprint density at radius 1 is 0.328 bits per heavy atom. The van der Waals surface area contributed by atoms with Crippen LogP contribution in [0.25, 0.3) is 89.7 Å². The Balaban J connectivity index is 1.21. The predicted molar refractivity (Wildman–Crippen MR) is 251 cm³/mol. The molecule has 0 aliphatic carbocycles. The van der Waals surface area contributed by atoms with E-state index < -0.39 is 11.8 Å². The maximum absolute atomic E-state index is 5.43. The Hall–Kier alpha value is -6.44. The van der Waals surface area contributed by atoms with Crippen LogP contribution in [0.4, 0.5) is 0 Å². The summed E-state index contributed by atoms with van der Waals surface area (Å²) in [7, 11) is 0. The monoisotopic (exact) mass is 908 g/mol. The van der Waals surface area contributed by atoms with Crippen molar-refractivity contribution in [3.05, 3.63) is 158 Å². The molecule has 7 aromatic heterocycles. The molecule has 2 N–H and O–H groups in total. The van der Waals surface area contributed by atoms with Crippen LogP contribution >= 0.6 is 45.3 Å². The number of hydrogen-bond acceptors (Lipinski definition) is 10. The molecule has 0 amide bonds. The molecular formula is C48H29CuN8S4. The summed E-state index contributed by atoms with van der Waals surface area (Å²) in [5.74, 6) is 2.31. The molecule has 2 aliphatic heterocycles. The fraction of sp³-hybridized carbons (Fsp3) is 0. The summed E-state index contributed by atoms with van der Waals surface area (Å²) in [6, 6.07) is 40.7. The van der Waals surface area contributed by atoms with E-state index in [9.17, 15) is 0 Å². The Morgan fingerprint density at radius 2 is 0.672 bits per heavy atom. The standard InChI is InChI=1S/C32H17N8.4C4H3S.Cu/c1-2-10-18-17(9-1)25-33-26(18)38-28-21-13-5-6-14-22(21)30(35-28)40-32-24-16-8-7-15-23(24)31(36-32)39-29-20-12-4-3-11-19(20)27(34-29)37-25;4*1-2-4-5-3-1;/h1-7,9-16H,(H2,33,34,35,36,37,38,39,40);4*1,3-4H;. The van der Waals surface area contributed by atoms with E-state index in [-0.39, 0.29) is 0 Å². The number of aromatic nitrogens is 8. The van der Waals surface area contributed by atoms with Crippen molar-refractivity contribution in [2.75, 3.05) is 0 Å². The molecule has 0 radical (unpaired) electrons. The molecular weight excluding hydrogens is 880 g/mol. The van der Waals surface area contributed by atoms with E-state index in [2.05, 4.69) is 132 Å². The van der Waals surface area contributed by atoms with Gasteiger partial charge in [-0.3, -0.25) is 0 Å². The van der Waals surface area contributed by atoms with Crippen molar-refractivity contribution in [1.29, 1.82) is 0 Å². The molecule has 9 heterocycles. The summed E-state index contributed by atoms with van der Waals surface area (Å²) in [5.41, 5.74) is 6.29. The molecule has 0 fully saturated rings. The van der Waals surface area contributed by atoms with Crippen molar-refractivity contribution in [2.24, 2.45) is 0 Å². The van der Waals surface area contributed by atoms with Gasteiger partial charge in [0.15, 0.2) is 0 Å². The summed E-state index contributed by atoms with van der Waals surface area (Å²) in [5, 5.41) is 22.0. The third kappa shape index (κ3) is 4.84. The third-order valence-corrected chi connectivity index (χ3v) is 21.3. The molecule has 0 atom stereocenters. The molecule has 4 aromatic carbocycles. The number of nitrogens with zero attached hydrogens (tertiary/aromatic N) is 6. The molecule has 11 aromatic rings. The zero-order chi connectivity index (χ0) is 40.1. The van der Waals surface area contributed by atoms with Gasteiger partial charge in [0.1, 0.15) is 0 Å². The summed E-state index contributed by atoms with van der Waals surface area (Å²) in [6.45, 7) is 0. The van der Waals surface area contributed by atoms with Crippen LogP contribution in [0.3, 0.4) is 0 Å². The first-order valence-electron chi connectivity index (χ1n) is 19.2. The summed E-state index contributed by atoms with van der Waals surface area (Å²) in [4.78, 5) is 38.6. The van der Waals surface area contributed by atoms with Crippen molar-refractivity contribution in [1.82, 2.24) is 39.9 Å². The molecule has 2 aliphatic rings. The molecule has 8 bridgehead atoms. The van der Waals surface area contributed by atoms with Crippen LogP contribution in [-0.4, -0.2) is 39.9 Å². The first-order valence-corrected chi connectivity index (χ1v) is 25.3. The fourth-order valence-corrected chi connectivity index (χ4v) is 20.3. The maximum atomic E-state index is 5.43. The quantitative estimate of drug-likeness (QED) is 0.167. The molecule has 0 saturated carbocycles. The van der Waals surface area contributed by atoms with Gasteiger partial charge in [-0.1, -0.05) is 18.2 Å². The van der Waals surface area contributed by atoms with Crippen molar-refractivity contribution in [3.8, 4) is 45.6 Å². The summed E-state index contributed by atoms with van der Waals surface area (Å²) >= 11 is 3.84. The molecule has 0 unspecified atom stereocenters. The number of benzene rings is 4. The second-order valence-corrected chi connectivity index (χ2v) is 22.4. The average Bonchev–Trinajstić information content (AvgIpc) is 4.16. The molecule has 61 heavy (non-hydrogen) atoms. The van der Waals surface area contributed by atoms with Crippen molar-refractivity contribution >= 4 is 112 Å². The van der Waals surface area contributed by atoms with Gasteiger partial charge in [-0.05, 0) is 0 Å². The van der Waals surface area contributed by atoms with E-state index in [1.165, 1.54) is 22.3 Å². The molecule has 0 saturated heterocycles. The van der Waals surface area contributed by atoms with Crippen molar-refractivity contribution in [2.45, 2.75) is 0 Å². The molecule has 0 spiro atoms. The molecule has 8 nitrogen and oxygen atoms in total. The number of thiophene rings is 4. The van der Waals surface area contributed by atoms with E-state index in [0.717, 1.165) is 43.8 Å². The van der Waals surface area contributed by atoms with E-state index in [0.29, 0.717) is 45.9 Å². The molecule has 13 rings (SSSR count). The van der Waals surface area contributed by atoms with Gasteiger partial charge < -0.3 is 0 Å². The zero-order valence-corrected chi connectivity index (χ0v) is 35.9. The molecule has 296 valence electrons. The minimum absolute atomic E-state index is 0.572. The van der Waals surface area contributed by atoms with Crippen LogP contribution in [0.2, 0.25) is 0 Å². The van der Waals surface area contributed by atoms with E-state index in [4.69, 9.17) is 29.9 Å². The number of fused-ring (bicyclic) bond motifs is 20. The van der Waals surface area contributed by atoms with E-state index >= 15 is 0 Å². The number of H-pyrrole nitrogens is 2. The normalized spacial score (nSPS) is 13.0. The van der Waals surface area contributed by atoms with Crippen LogP contribution < -0.4 is 22.3 Å². The zero-order valence-electron chi connectivity index (χ0n) is 31.7. The summed E-state index contributed by atoms with van der Waals surface area (Å²) < 4.78 is 6.35. The van der Waals surface area contributed by atoms with Crippen LogP contribution in [0, 0.1) is 0 Å². The first kappa shape index (κ1) is 35.3. The van der Waals surface area contributed by atoms with Gasteiger partial charge in [0.2, 0.25) is 0 Å². The number of aromatic amines is 2. The number of hydrogen-bond donors (Lipinski definition) is 2. The van der Waals surface area contributed by atoms with Gasteiger partial charge in [0.25, 0.3) is 0 Å². The third-order valence-electron chi connectivity index (χ3n) is 11.1. The Kier molecular flexibility index (Phi) is 7.69. The Labute approximate surface area is 364 Å².